The number of non-ortho nitro benzene ring substituents is 1. The van der Waals surface area contributed by atoms with Gasteiger partial charge in [-0.3, -0.25) is 14.9 Å². The maximum atomic E-state index is 13.4. The van der Waals surface area contributed by atoms with Crippen molar-refractivity contribution in [3.63, 3.8) is 0 Å². The number of nitrogen functional groups attached to an aromatic ring is 1. The summed E-state index contributed by atoms with van der Waals surface area (Å²) in [6, 6.07) is 7.16. The fourth-order valence-electron chi connectivity index (χ4n) is 1.81. The number of rotatable bonds is 4. The van der Waals surface area contributed by atoms with E-state index in [-0.39, 0.29) is 28.4 Å². The molecular weight excluding hydrogens is 293 g/mol. The molecule has 2 aromatic carbocycles. The average molecular weight is 305 g/mol. The zero-order valence-electron chi connectivity index (χ0n) is 11.5. The summed E-state index contributed by atoms with van der Waals surface area (Å²) in [6.07, 6.45) is 0. The minimum atomic E-state index is -0.686. The van der Waals surface area contributed by atoms with E-state index >= 15 is 0 Å². The summed E-state index contributed by atoms with van der Waals surface area (Å²) in [7, 11) is 1.36. The summed E-state index contributed by atoms with van der Waals surface area (Å²) in [6.45, 7) is 0. The number of anilines is 2. The molecule has 0 heterocycles. The Labute approximate surface area is 124 Å². The van der Waals surface area contributed by atoms with Crippen LogP contribution < -0.4 is 15.8 Å². The van der Waals surface area contributed by atoms with Crippen LogP contribution in [0.5, 0.6) is 5.75 Å². The van der Waals surface area contributed by atoms with E-state index in [0.717, 1.165) is 18.2 Å². The lowest BCUT2D eigenvalue weighted by Gasteiger charge is -2.09. The number of nitro groups is 1. The summed E-state index contributed by atoms with van der Waals surface area (Å²) < 4.78 is 18.3. The van der Waals surface area contributed by atoms with E-state index in [1.165, 1.54) is 25.3 Å². The molecule has 3 N–H and O–H groups in total. The zero-order valence-corrected chi connectivity index (χ0v) is 11.5. The van der Waals surface area contributed by atoms with Gasteiger partial charge in [0.05, 0.1) is 17.6 Å². The molecule has 0 aromatic heterocycles. The number of carbonyl (C=O) groups is 1. The first-order valence-electron chi connectivity index (χ1n) is 6.10. The molecule has 0 atom stereocenters. The molecule has 0 saturated carbocycles. The van der Waals surface area contributed by atoms with E-state index in [4.69, 9.17) is 10.5 Å². The molecule has 0 unspecified atom stereocenters. The standard InChI is InChI=1S/C14H12FN3O4/c1-22-11-5-8(15)4-9(6-11)17-14(19)12-7-10(18(20)21)2-3-13(12)16/h2-7H,16H2,1H3,(H,17,19). The number of halogens is 1. The number of benzene rings is 2. The quantitative estimate of drug-likeness (QED) is 0.513. The highest BCUT2D eigenvalue weighted by Crippen LogP contribution is 2.23. The highest BCUT2D eigenvalue weighted by Gasteiger charge is 2.16. The predicted octanol–water partition coefficient (Wildman–Crippen LogP) is 2.58. The Morgan fingerprint density at radius 1 is 1.32 bits per heavy atom. The van der Waals surface area contributed by atoms with Gasteiger partial charge in [0.1, 0.15) is 11.6 Å². The molecule has 2 rings (SSSR count). The van der Waals surface area contributed by atoms with Crippen LogP contribution in [0.3, 0.4) is 0 Å². The Morgan fingerprint density at radius 3 is 2.68 bits per heavy atom. The molecule has 8 heteroatoms. The molecule has 0 aliphatic rings. The average Bonchev–Trinajstić information content (AvgIpc) is 2.46. The SMILES string of the molecule is COc1cc(F)cc(NC(=O)c2cc([N+](=O)[O-])ccc2N)c1. The van der Waals surface area contributed by atoms with Gasteiger partial charge in [0.15, 0.2) is 0 Å². The molecule has 0 aliphatic carbocycles. The molecule has 22 heavy (non-hydrogen) atoms. The number of amides is 1. The molecular formula is C14H12FN3O4. The second kappa shape index (κ2) is 6.08. The number of nitrogens with one attached hydrogen (secondary N) is 1. The molecule has 0 radical (unpaired) electrons. The van der Waals surface area contributed by atoms with Gasteiger partial charge in [0, 0.05) is 35.6 Å². The number of hydrogen-bond donors (Lipinski definition) is 2. The van der Waals surface area contributed by atoms with Crippen LogP contribution in [-0.4, -0.2) is 17.9 Å². The monoisotopic (exact) mass is 305 g/mol. The van der Waals surface area contributed by atoms with Gasteiger partial charge in [0.25, 0.3) is 11.6 Å². The molecule has 7 nitrogen and oxygen atoms in total. The number of nitro benzene ring substituents is 1. The summed E-state index contributed by atoms with van der Waals surface area (Å²) >= 11 is 0. The van der Waals surface area contributed by atoms with Crippen molar-refractivity contribution in [2.45, 2.75) is 0 Å². The maximum Gasteiger partial charge on any atom is 0.270 e. The third-order valence-electron chi connectivity index (χ3n) is 2.86. The van der Waals surface area contributed by atoms with Gasteiger partial charge in [-0.25, -0.2) is 4.39 Å². The van der Waals surface area contributed by atoms with Crippen molar-refractivity contribution >= 4 is 23.0 Å². The Hall–Kier alpha value is -3.16. The number of methoxy groups -OCH3 is 1. The number of nitrogens with zero attached hydrogens (tertiary/aromatic N) is 1. The van der Waals surface area contributed by atoms with E-state index in [9.17, 15) is 19.3 Å². The van der Waals surface area contributed by atoms with Gasteiger partial charge in [-0.2, -0.15) is 0 Å². The van der Waals surface area contributed by atoms with Crippen LogP contribution in [0.15, 0.2) is 36.4 Å². The van der Waals surface area contributed by atoms with Gasteiger partial charge in [-0.1, -0.05) is 0 Å². The third-order valence-corrected chi connectivity index (χ3v) is 2.86. The smallest absolute Gasteiger partial charge is 0.270 e. The number of nitrogens with two attached hydrogens (primary N) is 1. The molecule has 0 spiro atoms. The van der Waals surface area contributed by atoms with Crippen molar-refractivity contribution in [2.24, 2.45) is 0 Å². The van der Waals surface area contributed by atoms with Crippen LogP contribution in [0.1, 0.15) is 10.4 Å². The Bertz CT molecular complexity index is 749. The minimum absolute atomic E-state index is 0.0718. The van der Waals surface area contributed by atoms with E-state index in [0.29, 0.717) is 0 Å². The highest BCUT2D eigenvalue weighted by atomic mass is 19.1. The van der Waals surface area contributed by atoms with Crippen LogP contribution in [-0.2, 0) is 0 Å². The van der Waals surface area contributed by atoms with Crippen molar-refractivity contribution in [3.8, 4) is 5.75 Å². The van der Waals surface area contributed by atoms with E-state index in [2.05, 4.69) is 5.32 Å². The van der Waals surface area contributed by atoms with Gasteiger partial charge in [0.2, 0.25) is 0 Å². The molecule has 0 fully saturated rings. The summed E-state index contributed by atoms with van der Waals surface area (Å²) in [4.78, 5) is 22.2. The fourth-order valence-corrected chi connectivity index (χ4v) is 1.81. The fraction of sp³-hybridized carbons (Fsp3) is 0.0714. The summed E-state index contributed by atoms with van der Waals surface area (Å²) in [5, 5.41) is 13.2. The topological polar surface area (TPSA) is 107 Å². The van der Waals surface area contributed by atoms with E-state index in [1.807, 2.05) is 0 Å². The largest absolute Gasteiger partial charge is 0.497 e. The van der Waals surface area contributed by atoms with Crippen LogP contribution >= 0.6 is 0 Å². The maximum absolute atomic E-state index is 13.4. The first-order chi connectivity index (χ1) is 10.4. The van der Waals surface area contributed by atoms with Gasteiger partial charge < -0.3 is 15.8 Å². The lowest BCUT2D eigenvalue weighted by molar-refractivity contribution is -0.384. The molecule has 0 aliphatic heterocycles. The van der Waals surface area contributed by atoms with Crippen molar-refractivity contribution in [3.05, 3.63) is 57.9 Å². The summed E-state index contributed by atoms with van der Waals surface area (Å²) in [5.41, 5.74) is 5.53. The van der Waals surface area contributed by atoms with Crippen molar-refractivity contribution in [1.29, 1.82) is 0 Å². The third kappa shape index (κ3) is 3.29. The van der Waals surface area contributed by atoms with Crippen LogP contribution in [0, 0.1) is 15.9 Å². The number of carbonyl (C=O) groups excluding carboxylic acids is 1. The van der Waals surface area contributed by atoms with Crippen LogP contribution in [0.25, 0.3) is 0 Å². The lowest BCUT2D eigenvalue weighted by Crippen LogP contribution is -2.14. The van der Waals surface area contributed by atoms with Crippen LogP contribution in [0.2, 0.25) is 0 Å². The second-order valence-electron chi connectivity index (χ2n) is 4.36. The Morgan fingerprint density at radius 2 is 2.05 bits per heavy atom. The number of hydrogen-bond acceptors (Lipinski definition) is 5. The predicted molar refractivity (Wildman–Crippen MR) is 78.4 cm³/mol. The van der Waals surface area contributed by atoms with E-state index < -0.39 is 16.6 Å². The molecule has 0 saturated heterocycles. The first kappa shape index (κ1) is 15.2. The van der Waals surface area contributed by atoms with Gasteiger partial charge >= 0.3 is 0 Å². The van der Waals surface area contributed by atoms with Gasteiger partial charge in [-0.05, 0) is 12.1 Å². The Kier molecular flexibility index (Phi) is 4.21. The summed E-state index contributed by atoms with van der Waals surface area (Å²) in [5.74, 6) is -1.06. The van der Waals surface area contributed by atoms with E-state index in [1.54, 1.807) is 0 Å². The van der Waals surface area contributed by atoms with Crippen molar-refractivity contribution < 1.29 is 18.8 Å². The van der Waals surface area contributed by atoms with Crippen molar-refractivity contribution in [2.75, 3.05) is 18.2 Å². The van der Waals surface area contributed by atoms with Gasteiger partial charge in [-0.15, -0.1) is 0 Å². The molecule has 2 aromatic rings. The lowest BCUT2D eigenvalue weighted by atomic mass is 10.1. The number of ether oxygens (including phenoxy) is 1. The first-order valence-corrected chi connectivity index (χ1v) is 6.10. The molecule has 114 valence electrons. The minimum Gasteiger partial charge on any atom is -0.497 e. The normalized spacial score (nSPS) is 10.1. The zero-order chi connectivity index (χ0) is 16.3. The second-order valence-corrected chi connectivity index (χ2v) is 4.36. The Balaban J connectivity index is 2.31. The molecule has 1 amide bonds. The van der Waals surface area contributed by atoms with Crippen molar-refractivity contribution in [1.82, 2.24) is 0 Å². The van der Waals surface area contributed by atoms with Crippen LogP contribution in [0.4, 0.5) is 21.5 Å². The highest BCUT2D eigenvalue weighted by molar-refractivity contribution is 6.08. The molecule has 0 bridgehead atoms.